The number of rotatable bonds is 3. The molecular formula is C18H22N8. The lowest BCUT2D eigenvalue weighted by Gasteiger charge is -2.23. The summed E-state index contributed by atoms with van der Waals surface area (Å²) in [7, 11) is 0. The van der Waals surface area contributed by atoms with Gasteiger partial charge in [0.25, 0.3) is 0 Å². The van der Waals surface area contributed by atoms with Crippen molar-refractivity contribution in [2.45, 2.75) is 52.0 Å². The molecule has 0 aliphatic rings. The summed E-state index contributed by atoms with van der Waals surface area (Å²) in [5.74, 6) is 0. The minimum absolute atomic E-state index is 0.113. The van der Waals surface area contributed by atoms with Gasteiger partial charge >= 0.3 is 0 Å². The Hall–Kier alpha value is -2.90. The predicted octanol–water partition coefficient (Wildman–Crippen LogP) is 2.77. The molecule has 0 fully saturated rings. The molecule has 0 aliphatic carbocycles. The molecule has 0 aliphatic heterocycles. The van der Waals surface area contributed by atoms with Gasteiger partial charge in [0, 0.05) is 28.6 Å². The van der Waals surface area contributed by atoms with E-state index in [1.165, 1.54) is 0 Å². The molecule has 8 nitrogen and oxygen atoms in total. The Kier molecular flexibility index (Phi) is 3.54. The molecule has 26 heavy (non-hydrogen) atoms. The maximum atomic E-state index is 4.86. The average molecular weight is 350 g/mol. The second kappa shape index (κ2) is 5.55. The fraction of sp³-hybridized carbons (Fsp3) is 0.444. The highest BCUT2D eigenvalue weighted by atomic mass is 15.3. The molecule has 8 heteroatoms. The summed E-state index contributed by atoms with van der Waals surface area (Å²) in [5, 5.41) is 21.3. The van der Waals surface area contributed by atoms with Crippen molar-refractivity contribution in [3.63, 3.8) is 0 Å². The van der Waals surface area contributed by atoms with E-state index in [9.17, 15) is 0 Å². The Morgan fingerprint density at radius 2 is 1.77 bits per heavy atom. The fourth-order valence-corrected chi connectivity index (χ4v) is 3.26. The topological polar surface area (TPSA) is 98.1 Å². The monoisotopic (exact) mass is 350 g/mol. The zero-order valence-corrected chi connectivity index (χ0v) is 15.6. The van der Waals surface area contributed by atoms with Gasteiger partial charge in [0.15, 0.2) is 11.3 Å². The SMILES string of the molecule is CC(C)(C)c1nn(CC(C)(C)c2n[nH]c3nnccc23)c2nccnc12. The number of nitrogens with one attached hydrogen (secondary N) is 1. The number of hydrogen-bond donors (Lipinski definition) is 1. The molecule has 0 bridgehead atoms. The molecule has 4 heterocycles. The Morgan fingerprint density at radius 1 is 1.00 bits per heavy atom. The Labute approximate surface area is 151 Å². The minimum Gasteiger partial charge on any atom is -0.259 e. The second-order valence-electron chi connectivity index (χ2n) is 8.23. The molecule has 134 valence electrons. The van der Waals surface area contributed by atoms with Gasteiger partial charge in [-0.25, -0.2) is 14.6 Å². The minimum atomic E-state index is -0.285. The van der Waals surface area contributed by atoms with Gasteiger partial charge in [0.2, 0.25) is 0 Å². The summed E-state index contributed by atoms with van der Waals surface area (Å²) in [6, 6.07) is 1.94. The van der Waals surface area contributed by atoms with Crippen LogP contribution in [-0.2, 0) is 17.4 Å². The first-order chi connectivity index (χ1) is 12.3. The van der Waals surface area contributed by atoms with E-state index in [1.807, 2.05) is 10.7 Å². The van der Waals surface area contributed by atoms with Crippen LogP contribution in [0.5, 0.6) is 0 Å². The highest BCUT2D eigenvalue weighted by Crippen LogP contribution is 2.32. The molecule has 4 aromatic heterocycles. The van der Waals surface area contributed by atoms with Crippen LogP contribution in [0.3, 0.4) is 0 Å². The van der Waals surface area contributed by atoms with Crippen molar-refractivity contribution in [1.82, 2.24) is 40.1 Å². The second-order valence-corrected chi connectivity index (χ2v) is 8.23. The van der Waals surface area contributed by atoms with Gasteiger partial charge in [-0.15, -0.1) is 5.10 Å². The van der Waals surface area contributed by atoms with Gasteiger partial charge in [-0.2, -0.15) is 15.3 Å². The largest absolute Gasteiger partial charge is 0.259 e. The maximum absolute atomic E-state index is 4.86. The molecule has 0 atom stereocenters. The molecule has 0 spiro atoms. The van der Waals surface area contributed by atoms with E-state index >= 15 is 0 Å². The van der Waals surface area contributed by atoms with Crippen LogP contribution < -0.4 is 0 Å². The van der Waals surface area contributed by atoms with E-state index in [0.29, 0.717) is 12.2 Å². The first kappa shape index (κ1) is 16.6. The van der Waals surface area contributed by atoms with Crippen LogP contribution in [0.25, 0.3) is 22.2 Å². The maximum Gasteiger partial charge on any atom is 0.178 e. The molecule has 0 amide bonds. The molecule has 0 radical (unpaired) electrons. The fourth-order valence-electron chi connectivity index (χ4n) is 3.26. The molecular weight excluding hydrogens is 328 g/mol. The van der Waals surface area contributed by atoms with Crippen molar-refractivity contribution in [3.05, 3.63) is 36.0 Å². The summed E-state index contributed by atoms with van der Waals surface area (Å²) >= 11 is 0. The van der Waals surface area contributed by atoms with Crippen LogP contribution in [0.1, 0.15) is 46.0 Å². The van der Waals surface area contributed by atoms with Crippen molar-refractivity contribution in [3.8, 4) is 0 Å². The summed E-state index contributed by atoms with van der Waals surface area (Å²) in [5.41, 5.74) is 3.83. The van der Waals surface area contributed by atoms with E-state index in [-0.39, 0.29) is 10.8 Å². The number of nitrogens with zero attached hydrogens (tertiary/aromatic N) is 7. The lowest BCUT2D eigenvalue weighted by molar-refractivity contribution is 0.400. The first-order valence-electron chi connectivity index (χ1n) is 8.61. The molecule has 0 unspecified atom stereocenters. The lowest BCUT2D eigenvalue weighted by atomic mass is 9.87. The van der Waals surface area contributed by atoms with E-state index < -0.39 is 0 Å². The van der Waals surface area contributed by atoms with Crippen LogP contribution in [0, 0.1) is 0 Å². The third-order valence-corrected chi connectivity index (χ3v) is 4.51. The summed E-state index contributed by atoms with van der Waals surface area (Å²) in [6.07, 6.45) is 5.11. The molecule has 1 N–H and O–H groups in total. The third-order valence-electron chi connectivity index (χ3n) is 4.51. The molecule has 4 aromatic rings. The van der Waals surface area contributed by atoms with Crippen molar-refractivity contribution in [2.75, 3.05) is 0 Å². The number of aromatic nitrogens is 8. The molecule has 0 aromatic carbocycles. The van der Waals surface area contributed by atoms with E-state index in [4.69, 9.17) is 5.10 Å². The highest BCUT2D eigenvalue weighted by Gasteiger charge is 2.30. The smallest absolute Gasteiger partial charge is 0.178 e. The van der Waals surface area contributed by atoms with Gasteiger partial charge in [-0.05, 0) is 6.07 Å². The predicted molar refractivity (Wildman–Crippen MR) is 98.7 cm³/mol. The zero-order valence-electron chi connectivity index (χ0n) is 15.6. The standard InChI is InChI=1S/C18H22N8/c1-17(2,3)14-12-16(20-9-8-19-12)26(25-14)10-18(4,5)13-11-6-7-21-23-15(11)24-22-13/h6-9H,10H2,1-5H3,(H,22,23,24). The van der Waals surface area contributed by atoms with Gasteiger partial charge < -0.3 is 0 Å². The van der Waals surface area contributed by atoms with E-state index in [0.717, 1.165) is 27.9 Å². The Bertz CT molecular complexity index is 1080. The highest BCUT2D eigenvalue weighted by molar-refractivity contribution is 5.78. The van der Waals surface area contributed by atoms with Crippen LogP contribution in [0.2, 0.25) is 0 Å². The van der Waals surface area contributed by atoms with Gasteiger partial charge in [-0.3, -0.25) is 5.10 Å². The number of hydrogen-bond acceptors (Lipinski definition) is 6. The quantitative estimate of drug-likeness (QED) is 0.610. The van der Waals surface area contributed by atoms with Gasteiger partial charge in [-0.1, -0.05) is 34.6 Å². The molecule has 4 rings (SSSR count). The summed E-state index contributed by atoms with van der Waals surface area (Å²) in [4.78, 5) is 9.06. The normalized spacial score (nSPS) is 13.0. The zero-order chi connectivity index (χ0) is 18.5. The number of aromatic amines is 1. The lowest BCUT2D eigenvalue weighted by Crippen LogP contribution is -2.26. The molecule has 0 saturated carbocycles. The van der Waals surface area contributed by atoms with Crippen molar-refractivity contribution in [1.29, 1.82) is 0 Å². The Balaban J connectivity index is 1.82. The number of H-pyrrole nitrogens is 1. The van der Waals surface area contributed by atoms with Gasteiger partial charge in [0.05, 0.1) is 24.1 Å². The third kappa shape index (κ3) is 2.61. The van der Waals surface area contributed by atoms with Gasteiger partial charge in [0.1, 0.15) is 5.52 Å². The first-order valence-corrected chi connectivity index (χ1v) is 8.61. The van der Waals surface area contributed by atoms with E-state index in [2.05, 4.69) is 65.0 Å². The Morgan fingerprint density at radius 3 is 2.54 bits per heavy atom. The average Bonchev–Trinajstić information content (AvgIpc) is 3.17. The van der Waals surface area contributed by atoms with E-state index in [1.54, 1.807) is 18.6 Å². The number of fused-ring (bicyclic) bond motifs is 2. The van der Waals surface area contributed by atoms with Crippen molar-refractivity contribution < 1.29 is 0 Å². The van der Waals surface area contributed by atoms with Crippen LogP contribution in [0.15, 0.2) is 24.7 Å². The van der Waals surface area contributed by atoms with Crippen LogP contribution >= 0.6 is 0 Å². The van der Waals surface area contributed by atoms with Crippen molar-refractivity contribution >= 4 is 22.2 Å². The van der Waals surface area contributed by atoms with Crippen molar-refractivity contribution in [2.24, 2.45) is 0 Å². The summed E-state index contributed by atoms with van der Waals surface area (Å²) < 4.78 is 1.94. The van der Waals surface area contributed by atoms with Crippen LogP contribution in [-0.4, -0.2) is 40.1 Å². The van der Waals surface area contributed by atoms with Crippen LogP contribution in [0.4, 0.5) is 0 Å². The molecule has 0 saturated heterocycles. The summed E-state index contributed by atoms with van der Waals surface area (Å²) in [6.45, 7) is 11.3.